The maximum atomic E-state index is 14.2. The lowest BCUT2D eigenvalue weighted by molar-refractivity contribution is -0.0917. The zero-order valence-electron chi connectivity index (χ0n) is 19.3. The number of benzene rings is 1. The first-order valence-electron chi connectivity index (χ1n) is 9.98. The molecule has 32 heavy (non-hydrogen) atoms. The van der Waals surface area contributed by atoms with Crippen molar-refractivity contribution in [3.05, 3.63) is 88.4 Å². The molecule has 0 bridgehead atoms. The van der Waals surface area contributed by atoms with E-state index in [1.807, 2.05) is 19.1 Å². The molecular weight excluding hydrogens is 435 g/mol. The maximum absolute atomic E-state index is 14.2. The predicted octanol–water partition coefficient (Wildman–Crippen LogP) is 7.92. The topological polar surface area (TPSA) is 30.8 Å². The Morgan fingerprint density at radius 2 is 1.72 bits per heavy atom. The summed E-state index contributed by atoms with van der Waals surface area (Å²) in [5, 5.41) is 0. The Morgan fingerprint density at radius 3 is 2.19 bits per heavy atom. The van der Waals surface area contributed by atoms with Gasteiger partial charge in [0.05, 0.1) is 20.0 Å². The second kappa shape index (κ2) is 13.0. The van der Waals surface area contributed by atoms with Crippen molar-refractivity contribution in [3.8, 4) is 0 Å². The lowest BCUT2D eigenvalue weighted by atomic mass is 10.1. The molecule has 0 aliphatic heterocycles. The summed E-state index contributed by atoms with van der Waals surface area (Å²) in [7, 11) is 2.72. The van der Waals surface area contributed by atoms with Crippen LogP contribution >= 0.6 is 11.8 Å². The van der Waals surface area contributed by atoms with Gasteiger partial charge in [-0.2, -0.15) is 13.2 Å². The second-order valence-electron chi connectivity index (χ2n) is 6.78. The van der Waals surface area contributed by atoms with Crippen LogP contribution in [0.25, 0.3) is 0 Å². The van der Waals surface area contributed by atoms with Crippen LogP contribution in [0.1, 0.15) is 32.8 Å². The minimum absolute atomic E-state index is 0.0384. The summed E-state index contributed by atoms with van der Waals surface area (Å²) in [6.45, 7) is 10.8. The highest BCUT2D eigenvalue weighted by atomic mass is 32.2. The Hall–Kier alpha value is -2.67. The van der Waals surface area contributed by atoms with E-state index in [0.717, 1.165) is 17.3 Å². The molecule has 0 heterocycles. The number of hydrogen-bond acceptors (Lipinski definition) is 4. The standard InChI is InChI=1S/C25H30F3NO2S/c1-8-10-22(32-21-15-11-17(3)12-16-21)23(25(26,27)28)24(31-7)29-19(5)20(9-2)14-13-18(4)30-6/h9-16H,2,8H2,1,3-7H3/b18-13+,20-14+,22-10-,24-23-,29-19-. The summed E-state index contributed by atoms with van der Waals surface area (Å²) >= 11 is 1.03. The quantitative estimate of drug-likeness (QED) is 0.152. The Morgan fingerprint density at radius 1 is 1.09 bits per heavy atom. The Kier molecular flexibility index (Phi) is 11.1. The number of ether oxygens (including phenoxy) is 2. The molecule has 174 valence electrons. The highest BCUT2D eigenvalue weighted by Crippen LogP contribution is 2.42. The van der Waals surface area contributed by atoms with Crippen molar-refractivity contribution in [2.45, 2.75) is 45.2 Å². The number of rotatable bonds is 10. The van der Waals surface area contributed by atoms with Crippen LogP contribution in [0, 0.1) is 6.92 Å². The van der Waals surface area contributed by atoms with Crippen LogP contribution in [0.3, 0.4) is 0 Å². The smallest absolute Gasteiger partial charge is 0.422 e. The van der Waals surface area contributed by atoms with E-state index in [1.165, 1.54) is 26.4 Å². The molecule has 0 spiro atoms. The van der Waals surface area contributed by atoms with Crippen molar-refractivity contribution in [2.24, 2.45) is 4.99 Å². The van der Waals surface area contributed by atoms with Crippen LogP contribution in [0.4, 0.5) is 13.2 Å². The fourth-order valence-electron chi connectivity index (χ4n) is 2.51. The zero-order valence-corrected chi connectivity index (χ0v) is 20.2. The first kappa shape index (κ1) is 27.4. The minimum Gasteiger partial charge on any atom is -0.501 e. The molecule has 3 nitrogen and oxygen atoms in total. The van der Waals surface area contributed by atoms with Gasteiger partial charge in [-0.3, -0.25) is 0 Å². The first-order valence-corrected chi connectivity index (χ1v) is 10.8. The molecule has 0 aromatic heterocycles. The van der Waals surface area contributed by atoms with Crippen molar-refractivity contribution in [2.75, 3.05) is 14.2 Å². The molecule has 0 amide bonds. The third kappa shape index (κ3) is 8.46. The Balaban J connectivity index is 3.61. The number of alkyl halides is 3. The number of allylic oxidation sites excluding steroid dienone is 7. The van der Waals surface area contributed by atoms with E-state index in [1.54, 1.807) is 45.1 Å². The number of methoxy groups -OCH3 is 2. The van der Waals surface area contributed by atoms with Crippen LogP contribution in [0.15, 0.2) is 92.7 Å². The average molecular weight is 466 g/mol. The van der Waals surface area contributed by atoms with Gasteiger partial charge in [0.1, 0.15) is 5.57 Å². The lowest BCUT2D eigenvalue weighted by Gasteiger charge is -2.18. The number of aryl methyl sites for hydroxylation is 1. The summed E-state index contributed by atoms with van der Waals surface area (Å²) in [6.07, 6.45) is 2.17. The van der Waals surface area contributed by atoms with E-state index < -0.39 is 17.6 Å². The zero-order chi connectivity index (χ0) is 24.3. The van der Waals surface area contributed by atoms with Gasteiger partial charge in [-0.1, -0.05) is 55.1 Å². The van der Waals surface area contributed by atoms with Crippen molar-refractivity contribution in [1.82, 2.24) is 0 Å². The van der Waals surface area contributed by atoms with Crippen LogP contribution in [0.2, 0.25) is 0 Å². The van der Waals surface area contributed by atoms with Gasteiger partial charge < -0.3 is 9.47 Å². The number of aliphatic imine (C=N–C) groups is 1. The SMILES string of the molecule is C=CC(=C\C=C(/C)OC)/C(C)=N\C(OC)=C(/C(=C/CC)Sc1ccc(C)cc1)C(F)(F)F. The van der Waals surface area contributed by atoms with Crippen LogP contribution in [0.5, 0.6) is 0 Å². The molecule has 0 fully saturated rings. The van der Waals surface area contributed by atoms with E-state index in [0.29, 0.717) is 28.4 Å². The maximum Gasteiger partial charge on any atom is 0.422 e. The Labute approximate surface area is 193 Å². The molecule has 1 aromatic rings. The van der Waals surface area contributed by atoms with E-state index in [4.69, 9.17) is 9.47 Å². The average Bonchev–Trinajstić information content (AvgIpc) is 2.74. The highest BCUT2D eigenvalue weighted by Gasteiger charge is 2.40. The van der Waals surface area contributed by atoms with E-state index >= 15 is 0 Å². The number of halogens is 3. The molecule has 7 heteroatoms. The Bertz CT molecular complexity index is 937. The molecule has 0 radical (unpaired) electrons. The fourth-order valence-corrected chi connectivity index (χ4v) is 3.59. The van der Waals surface area contributed by atoms with Crippen molar-refractivity contribution < 1.29 is 22.6 Å². The number of thioether (sulfide) groups is 1. The molecule has 0 N–H and O–H groups in total. The van der Waals surface area contributed by atoms with Gasteiger partial charge in [-0.15, -0.1) is 0 Å². The van der Waals surface area contributed by atoms with E-state index in [2.05, 4.69) is 11.6 Å². The van der Waals surface area contributed by atoms with Crippen molar-refractivity contribution in [1.29, 1.82) is 0 Å². The molecule has 0 atom stereocenters. The van der Waals surface area contributed by atoms with Gasteiger partial charge in [0, 0.05) is 15.5 Å². The highest BCUT2D eigenvalue weighted by molar-refractivity contribution is 8.03. The number of hydrogen-bond donors (Lipinski definition) is 0. The summed E-state index contributed by atoms with van der Waals surface area (Å²) in [5.41, 5.74) is 0.986. The van der Waals surface area contributed by atoms with E-state index in [9.17, 15) is 13.2 Å². The molecular formula is C25H30F3NO2S. The summed E-state index contributed by atoms with van der Waals surface area (Å²) < 4.78 is 52.9. The molecule has 1 rings (SSSR count). The third-order valence-corrected chi connectivity index (χ3v) is 5.40. The predicted molar refractivity (Wildman–Crippen MR) is 128 cm³/mol. The normalized spacial score (nSPS) is 14.8. The van der Waals surface area contributed by atoms with Crippen LogP contribution in [-0.2, 0) is 9.47 Å². The van der Waals surface area contributed by atoms with Crippen molar-refractivity contribution in [3.63, 3.8) is 0 Å². The van der Waals surface area contributed by atoms with Gasteiger partial charge in [-0.25, -0.2) is 4.99 Å². The third-order valence-electron chi connectivity index (χ3n) is 4.30. The summed E-state index contributed by atoms with van der Waals surface area (Å²) in [5.74, 6) is 0.132. The molecule has 0 aliphatic carbocycles. The van der Waals surface area contributed by atoms with Gasteiger partial charge >= 0.3 is 6.18 Å². The molecule has 0 aliphatic rings. The molecule has 0 saturated carbocycles. The second-order valence-corrected chi connectivity index (χ2v) is 7.89. The fraction of sp³-hybridized carbons (Fsp3) is 0.320. The van der Waals surface area contributed by atoms with Gasteiger partial charge in [-0.05, 0) is 57.0 Å². The van der Waals surface area contributed by atoms with Crippen LogP contribution in [-0.4, -0.2) is 26.1 Å². The van der Waals surface area contributed by atoms with Gasteiger partial charge in [0.25, 0.3) is 0 Å². The monoisotopic (exact) mass is 465 g/mol. The van der Waals surface area contributed by atoms with E-state index in [-0.39, 0.29) is 4.91 Å². The largest absolute Gasteiger partial charge is 0.501 e. The molecule has 0 unspecified atom stereocenters. The van der Waals surface area contributed by atoms with Crippen molar-refractivity contribution >= 4 is 17.5 Å². The first-order chi connectivity index (χ1) is 15.1. The molecule has 1 aromatic carbocycles. The molecule has 0 saturated heterocycles. The minimum atomic E-state index is -4.67. The number of nitrogens with zero attached hydrogens (tertiary/aromatic N) is 1. The van der Waals surface area contributed by atoms with Gasteiger partial charge in [0.2, 0.25) is 5.88 Å². The van der Waals surface area contributed by atoms with Crippen LogP contribution < -0.4 is 0 Å². The van der Waals surface area contributed by atoms with Gasteiger partial charge in [0.15, 0.2) is 0 Å². The summed E-state index contributed by atoms with van der Waals surface area (Å²) in [6, 6.07) is 7.31. The summed E-state index contributed by atoms with van der Waals surface area (Å²) in [4.78, 5) is 4.92. The lowest BCUT2D eigenvalue weighted by Crippen LogP contribution is -2.17.